The van der Waals surface area contributed by atoms with E-state index in [1.54, 1.807) is 0 Å². The van der Waals surface area contributed by atoms with E-state index in [2.05, 4.69) is 0 Å². The molecule has 0 aliphatic heterocycles. The molecule has 0 spiro atoms. The van der Waals surface area contributed by atoms with E-state index in [9.17, 15) is 0 Å². The first-order valence-electron chi connectivity index (χ1n) is 1.15. The molecule has 0 aliphatic rings. The van der Waals surface area contributed by atoms with Crippen molar-refractivity contribution in [3.8, 4) is 0 Å². The molecule has 0 saturated carbocycles. The standard InChI is InChI=1S/C3H7.2ClH.Li.Mg/c1-3-2;;;;/h3H,1-2H3;2*1H;;/q-1;;;+1;+2/p-2. The second-order valence-corrected chi connectivity index (χ2v) is 0.577. The van der Waals surface area contributed by atoms with Gasteiger partial charge < -0.3 is 31.2 Å². The van der Waals surface area contributed by atoms with E-state index >= 15 is 0 Å². The van der Waals surface area contributed by atoms with Crippen LogP contribution in [0.3, 0.4) is 0 Å². The van der Waals surface area contributed by atoms with E-state index in [-0.39, 0.29) is 66.7 Å². The molecule has 0 nitrogen and oxygen atoms in total. The Morgan fingerprint density at radius 3 is 1.00 bits per heavy atom. The van der Waals surface area contributed by atoms with Gasteiger partial charge in [0.25, 0.3) is 0 Å². The van der Waals surface area contributed by atoms with Crippen LogP contribution in [0.5, 0.6) is 0 Å². The van der Waals surface area contributed by atoms with Crippen LogP contribution in [-0.4, -0.2) is 23.1 Å². The molecular weight excluding hydrogens is 138 g/mol. The maximum atomic E-state index is 2.00. The smallest absolute Gasteiger partial charge is 1.00 e. The van der Waals surface area contributed by atoms with Gasteiger partial charge in [0.1, 0.15) is 0 Å². The minimum absolute atomic E-state index is 0. The van der Waals surface area contributed by atoms with Gasteiger partial charge in [-0.2, -0.15) is 13.8 Å². The molecule has 0 bridgehead atoms. The van der Waals surface area contributed by atoms with Gasteiger partial charge in [0.05, 0.1) is 0 Å². The van der Waals surface area contributed by atoms with Crippen molar-refractivity contribution >= 4 is 23.1 Å². The van der Waals surface area contributed by atoms with Crippen molar-refractivity contribution in [2.75, 3.05) is 0 Å². The van der Waals surface area contributed by atoms with Crippen molar-refractivity contribution in [3.05, 3.63) is 6.42 Å². The molecule has 0 rings (SSSR count). The Hall–Kier alpha value is 1.94. The van der Waals surface area contributed by atoms with E-state index in [1.165, 1.54) is 0 Å². The topological polar surface area (TPSA) is 0 Å². The zero-order chi connectivity index (χ0) is 2.71. The Morgan fingerprint density at radius 1 is 1.00 bits per heavy atom. The Labute approximate surface area is 86.3 Å². The van der Waals surface area contributed by atoms with Crippen LogP contribution in [0.25, 0.3) is 0 Å². The van der Waals surface area contributed by atoms with Gasteiger partial charge in [0.2, 0.25) is 0 Å². The molecule has 4 heteroatoms. The summed E-state index contributed by atoms with van der Waals surface area (Å²) >= 11 is 0. The molecular formula is C3H7Cl2LiMg. The second-order valence-electron chi connectivity index (χ2n) is 0.577. The summed E-state index contributed by atoms with van der Waals surface area (Å²) in [4.78, 5) is 0. The van der Waals surface area contributed by atoms with Crippen LogP contribution < -0.4 is 43.7 Å². The van der Waals surface area contributed by atoms with Crippen LogP contribution in [0, 0.1) is 6.42 Å². The molecule has 7 heavy (non-hydrogen) atoms. The van der Waals surface area contributed by atoms with Gasteiger partial charge in [0.15, 0.2) is 0 Å². The molecule has 0 radical (unpaired) electrons. The van der Waals surface area contributed by atoms with Crippen molar-refractivity contribution in [1.29, 1.82) is 0 Å². The van der Waals surface area contributed by atoms with Crippen LogP contribution in [0.2, 0.25) is 0 Å². The van der Waals surface area contributed by atoms with E-state index in [1.807, 2.05) is 20.3 Å². The maximum absolute atomic E-state index is 2.00. The Kier molecular flexibility index (Phi) is 229. The summed E-state index contributed by atoms with van der Waals surface area (Å²) in [5.41, 5.74) is 0. The van der Waals surface area contributed by atoms with Crippen LogP contribution in [-0.2, 0) is 0 Å². The van der Waals surface area contributed by atoms with Gasteiger partial charge in [-0.05, 0) is 0 Å². The number of rotatable bonds is 0. The second kappa shape index (κ2) is 44.2. The van der Waals surface area contributed by atoms with E-state index in [0.29, 0.717) is 0 Å². The Morgan fingerprint density at radius 2 is 1.00 bits per heavy atom. The molecule has 0 aromatic rings. The summed E-state index contributed by atoms with van der Waals surface area (Å²) in [5.74, 6) is 0. The molecule has 0 N–H and O–H groups in total. The third-order valence-electron chi connectivity index (χ3n) is 0. The fourth-order valence-corrected chi connectivity index (χ4v) is 0. The summed E-state index contributed by atoms with van der Waals surface area (Å²) < 4.78 is 0. The predicted molar refractivity (Wildman–Crippen MR) is 21.4 cm³/mol. The summed E-state index contributed by atoms with van der Waals surface area (Å²) in [6.07, 6.45) is 2.00. The SMILES string of the molecule is C[CH-]C.[Cl-].[Cl-].[Li+].[Mg+2]. The monoisotopic (exact) mass is 144 g/mol. The van der Waals surface area contributed by atoms with Gasteiger partial charge in [-0.15, -0.1) is 0 Å². The molecule has 0 heterocycles. The minimum atomic E-state index is 0. The zero-order valence-corrected chi connectivity index (χ0v) is 7.97. The van der Waals surface area contributed by atoms with Crippen LogP contribution in [0.4, 0.5) is 0 Å². The maximum Gasteiger partial charge on any atom is 2.00 e. The third kappa shape index (κ3) is 74.3. The molecule has 36 valence electrons. The summed E-state index contributed by atoms with van der Waals surface area (Å²) in [6, 6.07) is 0. The normalized spacial score (nSPS) is 2.57. The first-order chi connectivity index (χ1) is 1.41. The summed E-state index contributed by atoms with van der Waals surface area (Å²) in [6.45, 7) is 4.00. The average Bonchev–Trinajstić information content (AvgIpc) is 0.918. The van der Waals surface area contributed by atoms with Crippen LogP contribution in [0.15, 0.2) is 0 Å². The van der Waals surface area contributed by atoms with Crippen LogP contribution in [0.1, 0.15) is 13.8 Å². The molecule has 0 amide bonds. The molecule has 0 saturated heterocycles. The Balaban J connectivity index is -0.00000000333. The van der Waals surface area contributed by atoms with Gasteiger partial charge in [0, 0.05) is 0 Å². The van der Waals surface area contributed by atoms with Crippen LogP contribution >= 0.6 is 0 Å². The fourth-order valence-electron chi connectivity index (χ4n) is 0. The van der Waals surface area contributed by atoms with Gasteiger partial charge in [-0.1, -0.05) is 0 Å². The zero-order valence-electron chi connectivity index (χ0n) is 5.04. The van der Waals surface area contributed by atoms with Crippen molar-refractivity contribution in [1.82, 2.24) is 0 Å². The van der Waals surface area contributed by atoms with Gasteiger partial charge in [-0.25, -0.2) is 0 Å². The fraction of sp³-hybridized carbons (Fsp3) is 0.667. The van der Waals surface area contributed by atoms with Crippen molar-refractivity contribution in [3.63, 3.8) is 0 Å². The van der Waals surface area contributed by atoms with Crippen molar-refractivity contribution in [2.24, 2.45) is 0 Å². The molecule has 0 unspecified atom stereocenters. The third-order valence-corrected chi connectivity index (χ3v) is 0. The largest absolute Gasteiger partial charge is 2.00 e. The number of halogens is 2. The summed E-state index contributed by atoms with van der Waals surface area (Å²) in [5, 5.41) is 0. The quantitative estimate of drug-likeness (QED) is 0.235. The Bertz CT molecular complexity index is 12.9. The first kappa shape index (κ1) is 36.3. The first-order valence-corrected chi connectivity index (χ1v) is 1.15. The van der Waals surface area contributed by atoms with Gasteiger partial charge >= 0.3 is 41.9 Å². The van der Waals surface area contributed by atoms with E-state index < -0.39 is 0 Å². The summed E-state index contributed by atoms with van der Waals surface area (Å²) in [7, 11) is 0. The van der Waals surface area contributed by atoms with Crippen molar-refractivity contribution in [2.45, 2.75) is 13.8 Å². The van der Waals surface area contributed by atoms with E-state index in [0.717, 1.165) is 0 Å². The molecule has 0 aliphatic carbocycles. The minimum Gasteiger partial charge on any atom is -1.00 e. The average molecular weight is 145 g/mol. The number of hydrogen-bond donors (Lipinski definition) is 0. The molecule has 0 aromatic heterocycles. The molecule has 0 fully saturated rings. The van der Waals surface area contributed by atoms with E-state index in [4.69, 9.17) is 0 Å². The number of hydrogen-bond acceptors (Lipinski definition) is 0. The predicted octanol–water partition coefficient (Wildman–Crippen LogP) is -8.14. The molecule has 0 atom stereocenters. The van der Waals surface area contributed by atoms with Crippen molar-refractivity contribution < 1.29 is 43.7 Å². The van der Waals surface area contributed by atoms with Gasteiger partial charge in [-0.3, -0.25) is 0 Å². The molecule has 0 aromatic carbocycles.